The van der Waals surface area contributed by atoms with Crippen molar-refractivity contribution in [3.63, 3.8) is 0 Å². The van der Waals surface area contributed by atoms with E-state index in [0.717, 1.165) is 31.6 Å². The smallest absolute Gasteiger partial charge is 0.135 e. The summed E-state index contributed by atoms with van der Waals surface area (Å²) in [7, 11) is 0. The molecule has 150 valence electrons. The van der Waals surface area contributed by atoms with Gasteiger partial charge in [-0.3, -0.25) is 0 Å². The molecule has 2 heterocycles. The van der Waals surface area contributed by atoms with Gasteiger partial charge < -0.3 is 0 Å². The third-order valence-electron chi connectivity index (χ3n) is 4.85. The zero-order valence-electron chi connectivity index (χ0n) is 16.7. The van der Waals surface area contributed by atoms with Crippen LogP contribution in [0.15, 0.2) is 72.8 Å². The molecule has 5 aromatic rings. The Bertz CT molecular complexity index is 1400. The number of rotatable bonds is 4. The minimum atomic E-state index is 0.529. The van der Waals surface area contributed by atoms with Gasteiger partial charge in [-0.15, -0.1) is 22.7 Å². The van der Waals surface area contributed by atoms with Gasteiger partial charge in [-0.1, -0.05) is 48.5 Å². The van der Waals surface area contributed by atoms with E-state index in [4.69, 9.17) is 0 Å². The lowest BCUT2D eigenvalue weighted by Gasteiger charge is -1.99. The molecular formula is C26H14N4S2. The SMILES string of the molecule is N#C/C(=C\c1ccc(/C=C(\C#N)c2nc3ccccc3s2)cc1)c1nc2ccccc2s1. The molecule has 2 aromatic heterocycles. The fourth-order valence-electron chi connectivity index (χ4n) is 3.28. The van der Waals surface area contributed by atoms with Crippen LogP contribution >= 0.6 is 22.7 Å². The number of nitriles is 2. The monoisotopic (exact) mass is 446 g/mol. The Hall–Kier alpha value is -4.10. The maximum Gasteiger partial charge on any atom is 0.135 e. The van der Waals surface area contributed by atoms with Crippen LogP contribution in [-0.4, -0.2) is 9.97 Å². The number of fused-ring (bicyclic) bond motifs is 2. The Morgan fingerprint density at radius 1 is 0.625 bits per heavy atom. The van der Waals surface area contributed by atoms with E-state index < -0.39 is 0 Å². The van der Waals surface area contributed by atoms with E-state index in [1.165, 1.54) is 22.7 Å². The number of allylic oxidation sites excluding steroid dienone is 2. The van der Waals surface area contributed by atoms with Gasteiger partial charge in [-0.05, 0) is 47.5 Å². The molecule has 0 unspecified atom stereocenters. The highest BCUT2D eigenvalue weighted by atomic mass is 32.1. The molecule has 6 heteroatoms. The van der Waals surface area contributed by atoms with E-state index in [1.54, 1.807) is 0 Å². The number of aromatic nitrogens is 2. The Balaban J connectivity index is 1.43. The summed E-state index contributed by atoms with van der Waals surface area (Å²) in [6.45, 7) is 0. The van der Waals surface area contributed by atoms with Gasteiger partial charge in [0.25, 0.3) is 0 Å². The summed E-state index contributed by atoms with van der Waals surface area (Å²) >= 11 is 3.02. The molecule has 3 aromatic carbocycles. The highest BCUT2D eigenvalue weighted by Gasteiger charge is 2.10. The summed E-state index contributed by atoms with van der Waals surface area (Å²) in [5.74, 6) is 0. The molecule has 0 fully saturated rings. The molecule has 0 aliphatic rings. The lowest BCUT2D eigenvalue weighted by atomic mass is 10.1. The fraction of sp³-hybridized carbons (Fsp3) is 0. The van der Waals surface area contributed by atoms with E-state index >= 15 is 0 Å². The van der Waals surface area contributed by atoms with Crippen LogP contribution < -0.4 is 0 Å². The van der Waals surface area contributed by atoms with Crippen LogP contribution in [0.4, 0.5) is 0 Å². The summed E-state index contributed by atoms with van der Waals surface area (Å²) in [6, 6.07) is 28.0. The minimum Gasteiger partial charge on any atom is -0.235 e. The van der Waals surface area contributed by atoms with E-state index in [2.05, 4.69) is 22.1 Å². The van der Waals surface area contributed by atoms with E-state index in [-0.39, 0.29) is 0 Å². The summed E-state index contributed by atoms with van der Waals surface area (Å²) in [5.41, 5.74) is 4.65. The molecule has 32 heavy (non-hydrogen) atoms. The average molecular weight is 447 g/mol. The van der Waals surface area contributed by atoms with Crippen molar-refractivity contribution >= 4 is 66.4 Å². The van der Waals surface area contributed by atoms with Crippen LogP contribution in [0.5, 0.6) is 0 Å². The molecule has 0 amide bonds. The first-order valence-corrected chi connectivity index (χ1v) is 11.4. The second-order valence-corrected chi connectivity index (χ2v) is 9.04. The Kier molecular flexibility index (Phi) is 5.31. The van der Waals surface area contributed by atoms with Crippen LogP contribution in [0.3, 0.4) is 0 Å². The van der Waals surface area contributed by atoms with Gasteiger partial charge in [0.1, 0.15) is 22.2 Å². The van der Waals surface area contributed by atoms with Gasteiger partial charge in [0.2, 0.25) is 0 Å². The number of nitrogens with zero attached hydrogens (tertiary/aromatic N) is 4. The highest BCUT2D eigenvalue weighted by Crippen LogP contribution is 2.29. The second kappa shape index (κ2) is 8.56. The van der Waals surface area contributed by atoms with Crippen molar-refractivity contribution in [2.45, 2.75) is 0 Å². The summed E-state index contributed by atoms with van der Waals surface area (Å²) in [4.78, 5) is 9.15. The largest absolute Gasteiger partial charge is 0.235 e. The van der Waals surface area contributed by atoms with E-state index in [9.17, 15) is 10.5 Å². The second-order valence-electron chi connectivity index (χ2n) is 6.98. The highest BCUT2D eigenvalue weighted by molar-refractivity contribution is 7.20. The maximum absolute atomic E-state index is 9.65. The molecular weight excluding hydrogens is 432 g/mol. The number of hydrogen-bond acceptors (Lipinski definition) is 6. The van der Waals surface area contributed by atoms with Crippen molar-refractivity contribution in [2.75, 3.05) is 0 Å². The molecule has 5 rings (SSSR count). The lowest BCUT2D eigenvalue weighted by Crippen LogP contribution is -1.83. The summed E-state index contributed by atoms with van der Waals surface area (Å²) in [6.07, 6.45) is 3.67. The molecule has 0 saturated carbocycles. The van der Waals surface area contributed by atoms with Crippen molar-refractivity contribution < 1.29 is 0 Å². The first-order valence-electron chi connectivity index (χ1n) is 9.79. The predicted octanol–water partition coefficient (Wildman–Crippen LogP) is 7.03. The van der Waals surface area contributed by atoms with Crippen molar-refractivity contribution in [3.05, 3.63) is 93.9 Å². The minimum absolute atomic E-state index is 0.529. The average Bonchev–Trinajstić information content (AvgIpc) is 3.46. The first-order chi connectivity index (χ1) is 15.7. The standard InChI is InChI=1S/C26H14N4S2/c27-15-19(25-29-21-5-1-3-7-23(21)31-25)13-17-9-11-18(12-10-17)14-20(16-28)26-30-22-6-2-4-8-24(22)32-26/h1-14H/b19-13+,20-14+. The quantitative estimate of drug-likeness (QED) is 0.278. The third-order valence-corrected chi connectivity index (χ3v) is 6.99. The van der Waals surface area contributed by atoms with Gasteiger partial charge in [0.15, 0.2) is 0 Å². The number of thiazole rings is 2. The molecule has 0 atom stereocenters. The maximum atomic E-state index is 9.65. The molecule has 4 nitrogen and oxygen atoms in total. The summed E-state index contributed by atoms with van der Waals surface area (Å²) < 4.78 is 2.12. The van der Waals surface area contributed by atoms with Crippen molar-refractivity contribution in [1.82, 2.24) is 9.97 Å². The van der Waals surface area contributed by atoms with E-state index in [1.807, 2.05) is 84.9 Å². The number of benzene rings is 3. The van der Waals surface area contributed by atoms with Crippen LogP contribution in [0, 0.1) is 22.7 Å². The van der Waals surface area contributed by atoms with Gasteiger partial charge >= 0.3 is 0 Å². The Labute approximate surface area is 192 Å². The Morgan fingerprint density at radius 2 is 1.03 bits per heavy atom. The van der Waals surface area contributed by atoms with Crippen molar-refractivity contribution in [2.24, 2.45) is 0 Å². The zero-order valence-corrected chi connectivity index (χ0v) is 18.3. The van der Waals surface area contributed by atoms with Crippen molar-refractivity contribution in [3.8, 4) is 12.1 Å². The molecule has 0 aliphatic heterocycles. The molecule has 0 aliphatic carbocycles. The van der Waals surface area contributed by atoms with Crippen LogP contribution in [0.2, 0.25) is 0 Å². The third kappa shape index (κ3) is 3.93. The molecule has 0 saturated heterocycles. The molecule has 0 radical (unpaired) electrons. The normalized spacial score (nSPS) is 12.1. The molecule has 0 bridgehead atoms. The van der Waals surface area contributed by atoms with E-state index in [0.29, 0.717) is 21.2 Å². The van der Waals surface area contributed by atoms with Gasteiger partial charge in [0, 0.05) is 0 Å². The van der Waals surface area contributed by atoms with Crippen molar-refractivity contribution in [1.29, 1.82) is 10.5 Å². The number of hydrogen-bond donors (Lipinski definition) is 0. The molecule has 0 N–H and O–H groups in total. The Morgan fingerprint density at radius 3 is 1.41 bits per heavy atom. The van der Waals surface area contributed by atoms with Crippen LogP contribution in [-0.2, 0) is 0 Å². The van der Waals surface area contributed by atoms with Gasteiger partial charge in [-0.25, -0.2) is 9.97 Å². The lowest BCUT2D eigenvalue weighted by molar-refractivity contribution is 1.43. The number of para-hydroxylation sites is 2. The first kappa shape index (κ1) is 19.8. The van der Waals surface area contributed by atoms with Gasteiger partial charge in [-0.2, -0.15) is 10.5 Å². The van der Waals surface area contributed by atoms with Crippen LogP contribution in [0.25, 0.3) is 43.7 Å². The fourth-order valence-corrected chi connectivity index (χ4v) is 5.14. The topological polar surface area (TPSA) is 73.4 Å². The van der Waals surface area contributed by atoms with Crippen LogP contribution in [0.1, 0.15) is 21.1 Å². The van der Waals surface area contributed by atoms with Gasteiger partial charge in [0.05, 0.1) is 31.6 Å². The predicted molar refractivity (Wildman–Crippen MR) is 133 cm³/mol. The summed E-state index contributed by atoms with van der Waals surface area (Å²) in [5, 5.41) is 20.7. The zero-order chi connectivity index (χ0) is 21.9. The molecule has 0 spiro atoms.